The molecule has 126 valence electrons. The fourth-order valence-corrected chi connectivity index (χ4v) is 1.94. The van der Waals surface area contributed by atoms with Crippen LogP contribution in [0.2, 0.25) is 0 Å². The SMILES string of the molecule is C/C(=C\C=C(/C)N/N=C(\C)c1cccnc1C)NCCC(C)N. The first-order valence-corrected chi connectivity index (χ1v) is 7.97. The monoisotopic (exact) mass is 315 g/mol. The molecule has 1 aromatic rings. The van der Waals surface area contributed by atoms with Crippen LogP contribution in [-0.2, 0) is 0 Å². The van der Waals surface area contributed by atoms with Gasteiger partial charge in [-0.15, -0.1) is 0 Å². The Morgan fingerprint density at radius 1 is 1.30 bits per heavy atom. The highest BCUT2D eigenvalue weighted by Gasteiger charge is 2.01. The Kier molecular flexibility index (Phi) is 8.05. The Labute approximate surface area is 139 Å². The number of hydrazone groups is 1. The second kappa shape index (κ2) is 9.79. The van der Waals surface area contributed by atoms with Crippen molar-refractivity contribution in [3.05, 3.63) is 53.1 Å². The zero-order valence-corrected chi connectivity index (χ0v) is 14.9. The van der Waals surface area contributed by atoms with Crippen LogP contribution in [0.25, 0.3) is 0 Å². The third-order valence-corrected chi connectivity index (χ3v) is 3.38. The lowest BCUT2D eigenvalue weighted by Crippen LogP contribution is -2.22. The van der Waals surface area contributed by atoms with Gasteiger partial charge in [-0.2, -0.15) is 5.10 Å². The molecule has 23 heavy (non-hydrogen) atoms. The lowest BCUT2D eigenvalue weighted by atomic mass is 10.1. The molecule has 0 amide bonds. The second-order valence-corrected chi connectivity index (χ2v) is 5.84. The van der Waals surface area contributed by atoms with E-state index in [0.717, 1.165) is 41.3 Å². The van der Waals surface area contributed by atoms with Crippen molar-refractivity contribution in [2.45, 2.75) is 47.1 Å². The van der Waals surface area contributed by atoms with Crippen LogP contribution in [0.3, 0.4) is 0 Å². The Morgan fingerprint density at radius 2 is 2.00 bits per heavy atom. The van der Waals surface area contributed by atoms with Gasteiger partial charge >= 0.3 is 0 Å². The Hall–Kier alpha value is -2.14. The molecule has 1 atom stereocenters. The third kappa shape index (κ3) is 7.61. The summed E-state index contributed by atoms with van der Waals surface area (Å²) >= 11 is 0. The average Bonchev–Trinajstić information content (AvgIpc) is 2.50. The van der Waals surface area contributed by atoms with Gasteiger partial charge in [-0.05, 0) is 65.3 Å². The van der Waals surface area contributed by atoms with Crippen molar-refractivity contribution >= 4 is 5.71 Å². The van der Waals surface area contributed by atoms with Crippen LogP contribution in [0, 0.1) is 6.92 Å². The minimum atomic E-state index is 0.225. The largest absolute Gasteiger partial charge is 0.389 e. The molecule has 1 unspecified atom stereocenters. The van der Waals surface area contributed by atoms with Crippen LogP contribution >= 0.6 is 0 Å². The van der Waals surface area contributed by atoms with Gasteiger partial charge in [-0.1, -0.05) is 0 Å². The summed E-state index contributed by atoms with van der Waals surface area (Å²) in [6.07, 6.45) is 6.78. The van der Waals surface area contributed by atoms with Crippen molar-refractivity contribution in [3.8, 4) is 0 Å². The van der Waals surface area contributed by atoms with E-state index in [1.165, 1.54) is 0 Å². The van der Waals surface area contributed by atoms with Crippen molar-refractivity contribution in [1.82, 2.24) is 15.7 Å². The first-order chi connectivity index (χ1) is 10.9. The Morgan fingerprint density at radius 3 is 2.65 bits per heavy atom. The molecule has 1 heterocycles. The van der Waals surface area contributed by atoms with Gasteiger partial charge in [0.05, 0.1) is 5.71 Å². The maximum atomic E-state index is 5.73. The van der Waals surface area contributed by atoms with Gasteiger partial charge in [-0.25, -0.2) is 0 Å². The number of rotatable bonds is 8. The lowest BCUT2D eigenvalue weighted by molar-refractivity contribution is 0.628. The lowest BCUT2D eigenvalue weighted by Gasteiger charge is -2.08. The predicted octanol–water partition coefficient (Wildman–Crippen LogP) is 2.84. The highest BCUT2D eigenvalue weighted by Crippen LogP contribution is 2.05. The van der Waals surface area contributed by atoms with Crippen LogP contribution in [0.15, 0.2) is 47.0 Å². The molecule has 0 aliphatic carbocycles. The fourth-order valence-electron chi connectivity index (χ4n) is 1.94. The number of hydrogen-bond acceptors (Lipinski definition) is 5. The minimum absolute atomic E-state index is 0.225. The van der Waals surface area contributed by atoms with Gasteiger partial charge in [0, 0.05) is 41.4 Å². The molecule has 5 nitrogen and oxygen atoms in total. The van der Waals surface area contributed by atoms with Crippen molar-refractivity contribution in [3.63, 3.8) is 0 Å². The van der Waals surface area contributed by atoms with Gasteiger partial charge in [0.15, 0.2) is 0 Å². The molecule has 0 fully saturated rings. The second-order valence-electron chi connectivity index (χ2n) is 5.84. The molecular formula is C18H29N5. The van der Waals surface area contributed by atoms with E-state index in [1.54, 1.807) is 6.20 Å². The van der Waals surface area contributed by atoms with Gasteiger partial charge < -0.3 is 11.1 Å². The van der Waals surface area contributed by atoms with Gasteiger partial charge in [-0.3, -0.25) is 10.4 Å². The molecule has 0 spiro atoms. The van der Waals surface area contributed by atoms with E-state index < -0.39 is 0 Å². The van der Waals surface area contributed by atoms with Crippen LogP contribution in [0.5, 0.6) is 0 Å². The van der Waals surface area contributed by atoms with E-state index in [9.17, 15) is 0 Å². The van der Waals surface area contributed by atoms with E-state index in [1.807, 2.05) is 58.9 Å². The normalized spacial score (nSPS) is 14.6. The number of nitrogens with zero attached hydrogens (tertiary/aromatic N) is 2. The number of aryl methyl sites for hydroxylation is 1. The molecule has 0 saturated carbocycles. The Balaban J connectivity index is 2.56. The number of hydrogen-bond donors (Lipinski definition) is 3. The maximum absolute atomic E-state index is 5.73. The summed E-state index contributed by atoms with van der Waals surface area (Å²) < 4.78 is 0. The molecule has 4 N–H and O–H groups in total. The minimum Gasteiger partial charge on any atom is -0.389 e. The van der Waals surface area contributed by atoms with E-state index in [4.69, 9.17) is 5.73 Å². The zero-order valence-electron chi connectivity index (χ0n) is 14.9. The standard InChI is InChI=1S/C18H29N5/c1-13(19)10-12-20-14(2)8-9-15(3)22-23-17(5)18-7-6-11-21-16(18)4/h6-9,11,13,20,22H,10,12,19H2,1-5H3/b14-8+,15-9+,23-17+. The van der Waals surface area contributed by atoms with Crippen LogP contribution in [-0.4, -0.2) is 23.3 Å². The summed E-state index contributed by atoms with van der Waals surface area (Å²) in [6.45, 7) is 10.9. The van der Waals surface area contributed by atoms with Gasteiger partial charge in [0.25, 0.3) is 0 Å². The first kappa shape index (κ1) is 18.9. The quantitative estimate of drug-likeness (QED) is 0.392. The molecule has 0 bridgehead atoms. The van der Waals surface area contributed by atoms with E-state index in [2.05, 4.69) is 20.8 Å². The molecular weight excluding hydrogens is 286 g/mol. The topological polar surface area (TPSA) is 75.3 Å². The van der Waals surface area contributed by atoms with Crippen molar-refractivity contribution < 1.29 is 0 Å². The van der Waals surface area contributed by atoms with Crippen LogP contribution in [0.1, 0.15) is 45.4 Å². The summed E-state index contributed by atoms with van der Waals surface area (Å²) in [6, 6.07) is 4.17. The van der Waals surface area contributed by atoms with Crippen molar-refractivity contribution in [2.75, 3.05) is 6.54 Å². The van der Waals surface area contributed by atoms with E-state index in [-0.39, 0.29) is 6.04 Å². The molecule has 0 aromatic carbocycles. The molecule has 0 aliphatic heterocycles. The third-order valence-electron chi connectivity index (χ3n) is 3.38. The summed E-state index contributed by atoms with van der Waals surface area (Å²) in [5.74, 6) is 0. The van der Waals surface area contributed by atoms with Gasteiger partial charge in [0.2, 0.25) is 0 Å². The van der Waals surface area contributed by atoms with E-state index in [0.29, 0.717) is 0 Å². The summed E-state index contributed by atoms with van der Waals surface area (Å²) in [4.78, 5) is 4.28. The zero-order chi connectivity index (χ0) is 17.2. The van der Waals surface area contributed by atoms with Crippen molar-refractivity contribution in [2.24, 2.45) is 10.8 Å². The highest BCUT2D eigenvalue weighted by molar-refractivity contribution is 5.99. The summed E-state index contributed by atoms with van der Waals surface area (Å²) in [5.41, 5.74) is 13.8. The number of aromatic nitrogens is 1. The van der Waals surface area contributed by atoms with Gasteiger partial charge in [0.1, 0.15) is 0 Å². The molecule has 5 heteroatoms. The summed E-state index contributed by atoms with van der Waals surface area (Å²) in [7, 11) is 0. The molecule has 1 aromatic heterocycles. The molecule has 0 aliphatic rings. The molecule has 0 radical (unpaired) electrons. The maximum Gasteiger partial charge on any atom is 0.0666 e. The first-order valence-electron chi connectivity index (χ1n) is 7.97. The summed E-state index contributed by atoms with van der Waals surface area (Å²) in [5, 5.41) is 7.74. The smallest absolute Gasteiger partial charge is 0.0666 e. The molecule has 1 rings (SSSR count). The van der Waals surface area contributed by atoms with Crippen LogP contribution in [0.4, 0.5) is 0 Å². The Bertz CT molecular complexity index is 585. The van der Waals surface area contributed by atoms with E-state index >= 15 is 0 Å². The number of allylic oxidation sites excluding steroid dienone is 4. The fraction of sp³-hybridized carbons (Fsp3) is 0.444. The highest BCUT2D eigenvalue weighted by atomic mass is 15.3. The van der Waals surface area contributed by atoms with Crippen LogP contribution < -0.4 is 16.5 Å². The predicted molar refractivity (Wildman–Crippen MR) is 98.1 cm³/mol. The number of nitrogens with two attached hydrogens (primary N) is 1. The number of nitrogens with one attached hydrogen (secondary N) is 2. The number of pyridine rings is 1. The van der Waals surface area contributed by atoms with Crippen molar-refractivity contribution in [1.29, 1.82) is 0 Å². The molecule has 0 saturated heterocycles. The average molecular weight is 315 g/mol.